The molecule has 28 heavy (non-hydrogen) atoms. The maximum absolute atomic E-state index is 12.7. The maximum Gasteiger partial charge on any atom is 0.227 e. The van der Waals surface area contributed by atoms with Crippen LogP contribution in [0, 0.1) is 6.92 Å². The maximum atomic E-state index is 12.7. The highest BCUT2D eigenvalue weighted by atomic mass is 32.1. The quantitative estimate of drug-likeness (QED) is 0.655. The molecule has 0 spiro atoms. The summed E-state index contributed by atoms with van der Waals surface area (Å²) in [7, 11) is 0. The molecule has 4 heterocycles. The second kappa shape index (κ2) is 8.24. The second-order valence-electron chi connectivity index (χ2n) is 6.87. The molecule has 1 fully saturated rings. The van der Waals surface area contributed by atoms with Gasteiger partial charge in [-0.25, -0.2) is 4.98 Å². The number of ether oxygens (including phenoxy) is 1. The Kier molecular flexibility index (Phi) is 5.54. The number of amides is 1. The second-order valence-corrected chi connectivity index (χ2v) is 7.66. The van der Waals surface area contributed by atoms with Crippen molar-refractivity contribution in [1.82, 2.24) is 15.0 Å². The summed E-state index contributed by atoms with van der Waals surface area (Å²) in [5.41, 5.74) is 4.50. The van der Waals surface area contributed by atoms with E-state index >= 15 is 0 Å². The van der Waals surface area contributed by atoms with Gasteiger partial charge in [0.2, 0.25) is 5.91 Å². The van der Waals surface area contributed by atoms with E-state index in [1.54, 1.807) is 11.3 Å². The number of morpholine rings is 1. The number of carbonyl (C=O) groups excluding carboxylic acids is 1. The van der Waals surface area contributed by atoms with Crippen molar-refractivity contribution >= 4 is 17.2 Å². The van der Waals surface area contributed by atoms with E-state index in [0.29, 0.717) is 26.1 Å². The van der Waals surface area contributed by atoms with Crippen LogP contribution >= 0.6 is 11.3 Å². The number of thiophene rings is 1. The zero-order valence-corrected chi connectivity index (χ0v) is 16.9. The third-order valence-corrected chi connectivity index (χ3v) is 5.70. The predicted molar refractivity (Wildman–Crippen MR) is 107 cm³/mol. The molecule has 3 aromatic rings. The first-order valence-electron chi connectivity index (χ1n) is 9.48. The van der Waals surface area contributed by atoms with Gasteiger partial charge >= 0.3 is 0 Å². The van der Waals surface area contributed by atoms with E-state index in [1.165, 1.54) is 0 Å². The summed E-state index contributed by atoms with van der Waals surface area (Å²) in [6.07, 6.45) is 0.960. The third kappa shape index (κ3) is 3.86. The van der Waals surface area contributed by atoms with Crippen LogP contribution in [0.15, 0.2) is 39.5 Å². The van der Waals surface area contributed by atoms with Gasteiger partial charge in [0.25, 0.3) is 0 Å². The van der Waals surface area contributed by atoms with Gasteiger partial charge in [-0.05, 0) is 41.4 Å². The lowest BCUT2D eigenvalue weighted by molar-refractivity contribution is -0.138. The highest BCUT2D eigenvalue weighted by Crippen LogP contribution is 2.29. The van der Waals surface area contributed by atoms with Crippen molar-refractivity contribution in [2.24, 2.45) is 0 Å². The molecule has 0 N–H and O–H groups in total. The van der Waals surface area contributed by atoms with Gasteiger partial charge in [0.05, 0.1) is 42.2 Å². The molecule has 0 aliphatic carbocycles. The summed E-state index contributed by atoms with van der Waals surface area (Å²) in [5.74, 6) is 0.963. The van der Waals surface area contributed by atoms with Gasteiger partial charge in [-0.15, -0.1) is 0 Å². The fourth-order valence-corrected chi connectivity index (χ4v) is 4.16. The minimum Gasteiger partial charge on any atom is -0.368 e. The molecule has 0 bridgehead atoms. The lowest BCUT2D eigenvalue weighted by atomic mass is 10.1. The molecule has 6 nitrogen and oxygen atoms in total. The van der Waals surface area contributed by atoms with Crippen LogP contribution in [-0.2, 0) is 22.4 Å². The summed E-state index contributed by atoms with van der Waals surface area (Å²) in [6.45, 7) is 5.61. The average molecular weight is 398 g/mol. The molecule has 3 aromatic heterocycles. The minimum atomic E-state index is -0.231. The Hall–Kier alpha value is -2.51. The first-order valence-corrected chi connectivity index (χ1v) is 10.4. The fourth-order valence-electron chi connectivity index (χ4n) is 3.49. The van der Waals surface area contributed by atoms with E-state index in [1.807, 2.05) is 53.8 Å². The van der Waals surface area contributed by atoms with E-state index < -0.39 is 0 Å². The monoisotopic (exact) mass is 397 g/mol. The van der Waals surface area contributed by atoms with Crippen LogP contribution in [0.3, 0.4) is 0 Å². The van der Waals surface area contributed by atoms with Gasteiger partial charge < -0.3 is 14.2 Å². The average Bonchev–Trinajstić information content (AvgIpc) is 3.37. The zero-order chi connectivity index (χ0) is 19.5. The molecular weight excluding hydrogens is 374 g/mol. The molecule has 0 aromatic carbocycles. The van der Waals surface area contributed by atoms with E-state index in [2.05, 4.69) is 5.16 Å². The van der Waals surface area contributed by atoms with Crippen molar-refractivity contribution in [3.8, 4) is 11.3 Å². The number of hydrogen-bond acceptors (Lipinski definition) is 6. The molecular formula is C21H23N3O3S. The Morgan fingerprint density at radius 2 is 2.25 bits per heavy atom. The first-order chi connectivity index (χ1) is 13.7. The molecule has 0 radical (unpaired) electrons. The number of pyridine rings is 1. The van der Waals surface area contributed by atoms with Gasteiger partial charge in [-0.1, -0.05) is 18.1 Å². The molecule has 7 heteroatoms. The van der Waals surface area contributed by atoms with Crippen LogP contribution in [0.5, 0.6) is 0 Å². The zero-order valence-electron chi connectivity index (χ0n) is 16.1. The van der Waals surface area contributed by atoms with Gasteiger partial charge in [0.15, 0.2) is 0 Å². The standard InChI is InChI=1S/C21H23N3O3S/c1-3-18-21(14(2)23-27-18)17-6-4-5-16(22-17)19-12-24(8-9-26-19)20(25)11-15-7-10-28-13-15/h4-7,10,13,19H,3,8-9,11-12H2,1-2H3. The Morgan fingerprint density at radius 1 is 1.36 bits per heavy atom. The molecule has 1 aliphatic heterocycles. The molecule has 1 saturated heterocycles. The summed E-state index contributed by atoms with van der Waals surface area (Å²) in [5, 5.41) is 8.10. The van der Waals surface area contributed by atoms with Crippen LogP contribution in [0.2, 0.25) is 0 Å². The lowest BCUT2D eigenvalue weighted by Crippen LogP contribution is -2.43. The highest BCUT2D eigenvalue weighted by Gasteiger charge is 2.27. The molecule has 1 amide bonds. The number of nitrogens with zero attached hydrogens (tertiary/aromatic N) is 3. The minimum absolute atomic E-state index is 0.131. The summed E-state index contributed by atoms with van der Waals surface area (Å²) in [6, 6.07) is 7.89. The van der Waals surface area contributed by atoms with Gasteiger partial charge in [0, 0.05) is 13.0 Å². The molecule has 1 atom stereocenters. The number of aryl methyl sites for hydroxylation is 2. The normalized spacial score (nSPS) is 17.1. The van der Waals surface area contributed by atoms with Crippen LogP contribution in [0.4, 0.5) is 0 Å². The van der Waals surface area contributed by atoms with Crippen LogP contribution in [0.1, 0.15) is 35.7 Å². The predicted octanol–water partition coefficient (Wildman–Crippen LogP) is 3.81. The number of rotatable bonds is 5. The molecule has 4 rings (SSSR count). The molecule has 1 unspecified atom stereocenters. The van der Waals surface area contributed by atoms with Crippen molar-refractivity contribution in [3.63, 3.8) is 0 Å². The third-order valence-electron chi connectivity index (χ3n) is 4.97. The van der Waals surface area contributed by atoms with Crippen molar-refractivity contribution in [2.45, 2.75) is 32.8 Å². The number of aromatic nitrogens is 2. The van der Waals surface area contributed by atoms with E-state index in [4.69, 9.17) is 14.2 Å². The van der Waals surface area contributed by atoms with E-state index in [-0.39, 0.29) is 12.0 Å². The first kappa shape index (κ1) is 18.8. The van der Waals surface area contributed by atoms with Crippen molar-refractivity contribution in [2.75, 3.05) is 19.7 Å². The van der Waals surface area contributed by atoms with Crippen LogP contribution in [-0.4, -0.2) is 40.6 Å². The Bertz CT molecular complexity index is 952. The summed E-state index contributed by atoms with van der Waals surface area (Å²) in [4.78, 5) is 19.4. The summed E-state index contributed by atoms with van der Waals surface area (Å²) >= 11 is 1.61. The van der Waals surface area contributed by atoms with Gasteiger partial charge in [-0.3, -0.25) is 4.79 Å². The van der Waals surface area contributed by atoms with Gasteiger partial charge in [0.1, 0.15) is 11.9 Å². The topological polar surface area (TPSA) is 68.5 Å². The summed E-state index contributed by atoms with van der Waals surface area (Å²) < 4.78 is 11.4. The van der Waals surface area contributed by atoms with Gasteiger partial charge in [-0.2, -0.15) is 11.3 Å². The molecule has 0 saturated carbocycles. The van der Waals surface area contributed by atoms with Crippen molar-refractivity contribution in [1.29, 1.82) is 0 Å². The Balaban J connectivity index is 1.52. The van der Waals surface area contributed by atoms with Crippen molar-refractivity contribution < 1.29 is 14.1 Å². The molecule has 146 valence electrons. The highest BCUT2D eigenvalue weighted by molar-refractivity contribution is 7.08. The largest absolute Gasteiger partial charge is 0.368 e. The number of carbonyl (C=O) groups is 1. The van der Waals surface area contributed by atoms with Crippen molar-refractivity contribution in [3.05, 3.63) is 57.7 Å². The smallest absolute Gasteiger partial charge is 0.227 e. The molecule has 1 aliphatic rings. The fraction of sp³-hybridized carbons (Fsp3) is 0.381. The number of hydrogen-bond donors (Lipinski definition) is 0. The lowest BCUT2D eigenvalue weighted by Gasteiger charge is -2.32. The van der Waals surface area contributed by atoms with E-state index in [0.717, 1.165) is 40.4 Å². The SMILES string of the molecule is CCc1onc(C)c1-c1cccc(C2CN(C(=O)Cc3ccsc3)CCO2)n1. The van der Waals surface area contributed by atoms with Crippen LogP contribution in [0.25, 0.3) is 11.3 Å². The van der Waals surface area contributed by atoms with Crippen LogP contribution < -0.4 is 0 Å². The van der Waals surface area contributed by atoms with E-state index in [9.17, 15) is 4.79 Å². The Labute approximate surface area is 168 Å². The Morgan fingerprint density at radius 3 is 3.04 bits per heavy atom.